The largest absolute Gasteiger partial charge is 0.507 e. The van der Waals surface area contributed by atoms with E-state index >= 15 is 0 Å². The highest BCUT2D eigenvalue weighted by Gasteiger charge is 2.12. The van der Waals surface area contributed by atoms with Crippen molar-refractivity contribution in [1.29, 1.82) is 0 Å². The van der Waals surface area contributed by atoms with Gasteiger partial charge >= 0.3 is 5.97 Å². The van der Waals surface area contributed by atoms with E-state index in [9.17, 15) is 14.7 Å². The molecule has 0 saturated carbocycles. The van der Waals surface area contributed by atoms with E-state index in [2.05, 4.69) is 0 Å². The fraction of sp³-hybridized carbons (Fsp3) is 0. The molecule has 2 rings (SSSR count). The highest BCUT2D eigenvalue weighted by Crippen LogP contribution is 2.19. The number of carbonyl (C=O) groups excluding carboxylic acids is 1. The molecule has 0 bridgehead atoms. The van der Waals surface area contributed by atoms with Crippen LogP contribution in [0.2, 0.25) is 0 Å². The number of ketones is 1. The second-order valence-electron chi connectivity index (χ2n) is 4.15. The molecule has 4 nitrogen and oxygen atoms in total. The minimum Gasteiger partial charge on any atom is -0.507 e. The maximum absolute atomic E-state index is 11.9. The van der Waals surface area contributed by atoms with E-state index in [0.717, 1.165) is 11.6 Å². The fourth-order valence-corrected chi connectivity index (χ4v) is 1.69. The number of hydrogen-bond acceptors (Lipinski definition) is 3. The first-order chi connectivity index (χ1) is 9.58. The normalized spacial score (nSPS) is 10.6. The lowest BCUT2D eigenvalue weighted by Crippen LogP contribution is -2.01. The molecule has 20 heavy (non-hydrogen) atoms. The predicted molar refractivity (Wildman–Crippen MR) is 74.9 cm³/mol. The third-order valence-electron chi connectivity index (χ3n) is 2.74. The summed E-state index contributed by atoms with van der Waals surface area (Å²) >= 11 is 0. The summed E-state index contributed by atoms with van der Waals surface area (Å²) in [4.78, 5) is 22.8. The number of carbonyl (C=O) groups is 2. The first-order valence-corrected chi connectivity index (χ1v) is 5.91. The quantitative estimate of drug-likeness (QED) is 0.660. The summed E-state index contributed by atoms with van der Waals surface area (Å²) in [6, 6.07) is 13.0. The van der Waals surface area contributed by atoms with Gasteiger partial charge in [0.1, 0.15) is 11.3 Å². The van der Waals surface area contributed by atoms with Crippen molar-refractivity contribution in [3.05, 3.63) is 71.3 Å². The SMILES string of the molecule is O=C(C=Cc1ccccc1)c1ccc(O)c(C(=O)O)c1. The van der Waals surface area contributed by atoms with Crippen molar-refractivity contribution in [3.8, 4) is 5.75 Å². The Kier molecular flexibility index (Phi) is 3.96. The van der Waals surface area contributed by atoms with Gasteiger partial charge in [-0.25, -0.2) is 4.79 Å². The second kappa shape index (κ2) is 5.84. The van der Waals surface area contributed by atoms with Crippen LogP contribution >= 0.6 is 0 Å². The maximum atomic E-state index is 11.9. The molecular formula is C16H12O4. The molecule has 0 aliphatic carbocycles. The molecule has 0 saturated heterocycles. The molecule has 0 radical (unpaired) electrons. The van der Waals surface area contributed by atoms with Crippen LogP contribution in [0.15, 0.2) is 54.6 Å². The van der Waals surface area contributed by atoms with Gasteiger partial charge < -0.3 is 10.2 Å². The fourth-order valence-electron chi connectivity index (χ4n) is 1.69. The average molecular weight is 268 g/mol. The maximum Gasteiger partial charge on any atom is 0.339 e. The van der Waals surface area contributed by atoms with Gasteiger partial charge in [0.15, 0.2) is 5.78 Å². The Morgan fingerprint density at radius 3 is 2.35 bits per heavy atom. The summed E-state index contributed by atoms with van der Waals surface area (Å²) in [6.07, 6.45) is 3.02. The molecule has 0 unspecified atom stereocenters. The molecule has 0 atom stereocenters. The summed E-state index contributed by atoms with van der Waals surface area (Å²) in [5.74, 6) is -1.96. The lowest BCUT2D eigenvalue weighted by atomic mass is 10.1. The van der Waals surface area contributed by atoms with Crippen molar-refractivity contribution in [3.63, 3.8) is 0 Å². The third-order valence-corrected chi connectivity index (χ3v) is 2.74. The monoisotopic (exact) mass is 268 g/mol. The molecule has 2 aromatic carbocycles. The Bertz CT molecular complexity index is 672. The van der Waals surface area contributed by atoms with Gasteiger partial charge in [-0.05, 0) is 29.8 Å². The highest BCUT2D eigenvalue weighted by molar-refractivity contribution is 6.08. The molecule has 2 N–H and O–H groups in total. The molecule has 0 amide bonds. The molecule has 100 valence electrons. The summed E-state index contributed by atoms with van der Waals surface area (Å²) in [5.41, 5.74) is 0.800. The highest BCUT2D eigenvalue weighted by atomic mass is 16.4. The van der Waals surface area contributed by atoms with Crippen LogP contribution in [0, 0.1) is 0 Å². The van der Waals surface area contributed by atoms with Crippen molar-refractivity contribution in [2.75, 3.05) is 0 Å². The zero-order valence-electron chi connectivity index (χ0n) is 10.5. The molecule has 0 aromatic heterocycles. The summed E-state index contributed by atoms with van der Waals surface area (Å²) in [6.45, 7) is 0. The molecule has 2 aromatic rings. The zero-order chi connectivity index (χ0) is 14.5. The minimum absolute atomic E-state index is 0.215. The van der Waals surface area contributed by atoms with Crippen molar-refractivity contribution in [2.45, 2.75) is 0 Å². The molecule has 4 heteroatoms. The van der Waals surface area contributed by atoms with E-state index in [1.165, 1.54) is 18.2 Å². The van der Waals surface area contributed by atoms with Gasteiger partial charge in [0, 0.05) is 5.56 Å². The number of hydrogen-bond donors (Lipinski definition) is 2. The molecule has 0 heterocycles. The summed E-state index contributed by atoms with van der Waals surface area (Å²) in [5, 5.41) is 18.3. The van der Waals surface area contributed by atoms with Crippen molar-refractivity contribution < 1.29 is 19.8 Å². The van der Waals surface area contributed by atoms with Gasteiger partial charge in [0.05, 0.1) is 0 Å². The first kappa shape index (κ1) is 13.5. The molecule has 0 spiro atoms. The van der Waals surface area contributed by atoms with E-state index < -0.39 is 5.97 Å². The van der Waals surface area contributed by atoms with E-state index in [1.807, 2.05) is 30.3 Å². The van der Waals surface area contributed by atoms with Gasteiger partial charge in [0.2, 0.25) is 0 Å². The topological polar surface area (TPSA) is 74.6 Å². The van der Waals surface area contributed by atoms with Crippen LogP contribution in [0.5, 0.6) is 5.75 Å². The Balaban J connectivity index is 2.24. The number of allylic oxidation sites excluding steroid dienone is 1. The minimum atomic E-state index is -1.27. The van der Waals surface area contributed by atoms with Gasteiger partial charge in [-0.1, -0.05) is 36.4 Å². The van der Waals surface area contributed by atoms with Gasteiger partial charge in [-0.15, -0.1) is 0 Å². The Hall–Kier alpha value is -2.88. The van der Waals surface area contributed by atoms with Crippen LogP contribution in [0.3, 0.4) is 0 Å². The smallest absolute Gasteiger partial charge is 0.339 e. The van der Waals surface area contributed by atoms with Gasteiger partial charge in [0.25, 0.3) is 0 Å². The van der Waals surface area contributed by atoms with Crippen LogP contribution in [0.4, 0.5) is 0 Å². The number of rotatable bonds is 4. The van der Waals surface area contributed by atoms with E-state index in [4.69, 9.17) is 5.11 Å². The average Bonchev–Trinajstić information content (AvgIpc) is 2.46. The van der Waals surface area contributed by atoms with Crippen molar-refractivity contribution in [2.24, 2.45) is 0 Å². The second-order valence-corrected chi connectivity index (χ2v) is 4.15. The Labute approximate surface area is 115 Å². The first-order valence-electron chi connectivity index (χ1n) is 5.91. The van der Waals surface area contributed by atoms with Crippen LogP contribution < -0.4 is 0 Å². The lowest BCUT2D eigenvalue weighted by molar-refractivity contribution is 0.0693. The number of carboxylic acid groups (broad SMARTS) is 1. The van der Waals surface area contributed by atoms with Crippen LogP contribution in [-0.2, 0) is 0 Å². The standard InChI is InChI=1S/C16H12O4/c17-14(8-6-11-4-2-1-3-5-11)12-7-9-15(18)13(10-12)16(19)20/h1-10,18H,(H,19,20). The summed E-state index contributed by atoms with van der Waals surface area (Å²) in [7, 11) is 0. The number of phenols is 1. The number of carboxylic acids is 1. The van der Waals surface area contributed by atoms with E-state index in [-0.39, 0.29) is 22.7 Å². The van der Waals surface area contributed by atoms with Gasteiger partial charge in [-0.3, -0.25) is 4.79 Å². The van der Waals surface area contributed by atoms with Crippen LogP contribution in [0.1, 0.15) is 26.3 Å². The molecule has 0 aliphatic heterocycles. The van der Waals surface area contributed by atoms with E-state index in [0.29, 0.717) is 0 Å². The third kappa shape index (κ3) is 3.11. The number of aromatic hydroxyl groups is 1. The summed E-state index contributed by atoms with van der Waals surface area (Å²) < 4.78 is 0. The van der Waals surface area contributed by atoms with Crippen molar-refractivity contribution >= 4 is 17.8 Å². The molecule has 0 aliphatic rings. The Morgan fingerprint density at radius 2 is 1.70 bits per heavy atom. The van der Waals surface area contributed by atoms with Crippen LogP contribution in [-0.4, -0.2) is 22.0 Å². The number of benzene rings is 2. The Morgan fingerprint density at radius 1 is 1.00 bits per heavy atom. The molecular weight excluding hydrogens is 256 g/mol. The molecule has 0 fully saturated rings. The van der Waals surface area contributed by atoms with Crippen molar-refractivity contribution in [1.82, 2.24) is 0 Å². The van der Waals surface area contributed by atoms with E-state index in [1.54, 1.807) is 6.08 Å². The predicted octanol–water partition coefficient (Wildman–Crippen LogP) is 2.99. The number of aromatic carboxylic acids is 1. The zero-order valence-corrected chi connectivity index (χ0v) is 10.5. The lowest BCUT2D eigenvalue weighted by Gasteiger charge is -2.01. The van der Waals surface area contributed by atoms with Gasteiger partial charge in [-0.2, -0.15) is 0 Å². The van der Waals surface area contributed by atoms with Crippen LogP contribution in [0.25, 0.3) is 6.08 Å².